The molecular formula is C18H22N2O5. The Balaban J connectivity index is 1.84. The smallest absolute Gasteiger partial charge is 0.434 e. The molecule has 7 nitrogen and oxygen atoms in total. The van der Waals surface area contributed by atoms with Gasteiger partial charge >= 0.3 is 6.16 Å². The molecule has 0 bridgehead atoms. The number of rotatable bonds is 5. The molecule has 0 saturated carbocycles. The maximum atomic E-state index is 12.3. The Labute approximate surface area is 146 Å². The Hall–Kier alpha value is -2.83. The summed E-state index contributed by atoms with van der Waals surface area (Å²) in [4.78, 5) is 36.8. The molecule has 0 spiro atoms. The quantitative estimate of drug-likeness (QED) is 0.501. The van der Waals surface area contributed by atoms with Crippen LogP contribution in [-0.4, -0.2) is 48.6 Å². The maximum Gasteiger partial charge on any atom is 0.513 e. The minimum Gasteiger partial charge on any atom is -0.434 e. The largest absolute Gasteiger partial charge is 0.513 e. The number of nitrogens with one attached hydrogen (secondary N) is 1. The number of nitrogens with zero attached hydrogens (tertiary/aromatic N) is 1. The van der Waals surface area contributed by atoms with Crippen LogP contribution in [0.5, 0.6) is 5.75 Å². The van der Waals surface area contributed by atoms with Crippen molar-refractivity contribution in [2.24, 2.45) is 0 Å². The highest BCUT2D eigenvalue weighted by atomic mass is 16.7. The molecule has 0 atom stereocenters. The molecular weight excluding hydrogens is 324 g/mol. The highest BCUT2D eigenvalue weighted by Gasteiger charge is 2.22. The highest BCUT2D eigenvalue weighted by Crippen LogP contribution is 2.15. The third-order valence-electron chi connectivity index (χ3n) is 3.90. The molecule has 0 aliphatic carbocycles. The van der Waals surface area contributed by atoms with Crippen LogP contribution in [0.2, 0.25) is 0 Å². The number of carbonyl (C=O) groups is 3. The first-order valence-electron chi connectivity index (χ1n) is 8.20. The number of likely N-dealkylation sites (tertiary alicyclic amines) is 1. The van der Waals surface area contributed by atoms with Crippen molar-refractivity contribution in [2.75, 3.05) is 19.7 Å². The van der Waals surface area contributed by atoms with E-state index in [4.69, 9.17) is 4.74 Å². The predicted octanol–water partition coefficient (Wildman–Crippen LogP) is 2.13. The Morgan fingerprint density at radius 2 is 1.88 bits per heavy atom. The minimum absolute atomic E-state index is 0.0248. The van der Waals surface area contributed by atoms with Gasteiger partial charge in [0.2, 0.25) is 5.91 Å². The van der Waals surface area contributed by atoms with Crippen molar-refractivity contribution in [3.8, 4) is 5.75 Å². The molecule has 1 fully saturated rings. The van der Waals surface area contributed by atoms with Gasteiger partial charge < -0.3 is 19.7 Å². The van der Waals surface area contributed by atoms with Crippen molar-refractivity contribution in [1.29, 1.82) is 0 Å². The summed E-state index contributed by atoms with van der Waals surface area (Å²) in [5.74, 6) is 0.0318. The molecule has 134 valence electrons. The fourth-order valence-corrected chi connectivity index (χ4v) is 2.56. The summed E-state index contributed by atoms with van der Waals surface area (Å²) in [6, 6.07) is 6.27. The summed E-state index contributed by atoms with van der Waals surface area (Å²) in [6.45, 7) is 6.60. The van der Waals surface area contributed by atoms with Crippen LogP contribution in [0, 0.1) is 0 Å². The summed E-state index contributed by atoms with van der Waals surface area (Å²) >= 11 is 0. The van der Waals surface area contributed by atoms with E-state index in [2.05, 4.69) is 16.6 Å². The molecule has 0 aromatic heterocycles. The first-order chi connectivity index (χ1) is 12.0. The van der Waals surface area contributed by atoms with Crippen molar-refractivity contribution < 1.29 is 23.9 Å². The van der Waals surface area contributed by atoms with E-state index < -0.39 is 6.16 Å². The van der Waals surface area contributed by atoms with Crippen molar-refractivity contribution >= 4 is 18.0 Å². The van der Waals surface area contributed by atoms with Crippen molar-refractivity contribution in [2.45, 2.75) is 25.8 Å². The molecule has 1 aromatic rings. The van der Waals surface area contributed by atoms with Crippen molar-refractivity contribution in [1.82, 2.24) is 10.2 Å². The monoisotopic (exact) mass is 346 g/mol. The third kappa shape index (κ3) is 5.34. The lowest BCUT2D eigenvalue weighted by Crippen LogP contribution is -2.46. The van der Waals surface area contributed by atoms with E-state index >= 15 is 0 Å². The Kier molecular flexibility index (Phi) is 6.56. The van der Waals surface area contributed by atoms with Crippen LogP contribution in [0.3, 0.4) is 0 Å². The van der Waals surface area contributed by atoms with Gasteiger partial charge in [0, 0.05) is 24.7 Å². The molecule has 1 aliphatic rings. The number of ether oxygens (including phenoxy) is 2. The van der Waals surface area contributed by atoms with Crippen LogP contribution in [0.25, 0.3) is 0 Å². The number of amides is 2. The van der Waals surface area contributed by atoms with Gasteiger partial charge in [-0.05, 0) is 50.1 Å². The van der Waals surface area contributed by atoms with Gasteiger partial charge in [-0.2, -0.15) is 0 Å². The minimum atomic E-state index is -0.777. The molecule has 1 aromatic carbocycles. The van der Waals surface area contributed by atoms with E-state index in [1.165, 1.54) is 18.2 Å². The number of hydrogen-bond donors (Lipinski definition) is 1. The average Bonchev–Trinajstić information content (AvgIpc) is 2.62. The summed E-state index contributed by atoms with van der Waals surface area (Å²) in [5, 5.41) is 2.96. The Morgan fingerprint density at radius 3 is 2.44 bits per heavy atom. The van der Waals surface area contributed by atoms with E-state index in [0.717, 1.165) is 0 Å². The van der Waals surface area contributed by atoms with Gasteiger partial charge in [-0.25, -0.2) is 4.79 Å². The molecule has 2 amide bonds. The van der Waals surface area contributed by atoms with Crippen molar-refractivity contribution in [3.05, 3.63) is 42.5 Å². The van der Waals surface area contributed by atoms with E-state index in [1.807, 2.05) is 0 Å². The SMILES string of the molecule is C=CC(=O)N1CCC(NC(=O)c2ccc(OC(=O)OCC)cc2)CC1. The lowest BCUT2D eigenvalue weighted by molar-refractivity contribution is -0.127. The zero-order chi connectivity index (χ0) is 18.2. The standard InChI is InChI=1S/C18H22N2O5/c1-3-16(21)20-11-9-14(10-12-20)19-17(22)13-5-7-15(8-6-13)25-18(23)24-4-2/h3,5-8,14H,1,4,9-12H2,2H3,(H,19,22). The second-order valence-electron chi connectivity index (χ2n) is 5.59. The van der Waals surface area contributed by atoms with Crippen LogP contribution >= 0.6 is 0 Å². The van der Waals surface area contributed by atoms with Gasteiger partial charge in [-0.1, -0.05) is 6.58 Å². The topological polar surface area (TPSA) is 84.9 Å². The predicted molar refractivity (Wildman–Crippen MR) is 91.4 cm³/mol. The number of benzene rings is 1. The average molecular weight is 346 g/mol. The molecule has 2 rings (SSSR count). The van der Waals surface area contributed by atoms with E-state index in [1.54, 1.807) is 24.0 Å². The Morgan fingerprint density at radius 1 is 1.24 bits per heavy atom. The molecule has 1 N–H and O–H groups in total. The van der Waals surface area contributed by atoms with Crippen molar-refractivity contribution in [3.63, 3.8) is 0 Å². The van der Waals surface area contributed by atoms with Crippen LogP contribution in [0.1, 0.15) is 30.1 Å². The zero-order valence-corrected chi connectivity index (χ0v) is 14.2. The molecule has 1 saturated heterocycles. The third-order valence-corrected chi connectivity index (χ3v) is 3.90. The van der Waals surface area contributed by atoms with Crippen LogP contribution < -0.4 is 10.1 Å². The number of carbonyl (C=O) groups excluding carboxylic acids is 3. The lowest BCUT2D eigenvalue weighted by Gasteiger charge is -2.31. The van der Waals surface area contributed by atoms with Gasteiger partial charge in [0.15, 0.2) is 0 Å². The van der Waals surface area contributed by atoms with Crippen LogP contribution in [0.4, 0.5) is 4.79 Å². The molecule has 1 heterocycles. The lowest BCUT2D eigenvalue weighted by atomic mass is 10.0. The van der Waals surface area contributed by atoms with Crippen LogP contribution in [-0.2, 0) is 9.53 Å². The summed E-state index contributed by atoms with van der Waals surface area (Å²) in [6.07, 6.45) is 1.93. The number of piperidine rings is 1. The molecule has 0 radical (unpaired) electrons. The fraction of sp³-hybridized carbons (Fsp3) is 0.389. The van der Waals surface area contributed by atoms with Gasteiger partial charge in [0.05, 0.1) is 6.61 Å². The molecule has 0 unspecified atom stereocenters. The van der Waals surface area contributed by atoms with E-state index in [-0.39, 0.29) is 24.5 Å². The summed E-state index contributed by atoms with van der Waals surface area (Å²) in [7, 11) is 0. The summed E-state index contributed by atoms with van der Waals surface area (Å²) < 4.78 is 9.63. The highest BCUT2D eigenvalue weighted by molar-refractivity contribution is 5.94. The second kappa shape index (κ2) is 8.86. The van der Waals surface area contributed by atoms with E-state index in [9.17, 15) is 14.4 Å². The van der Waals surface area contributed by atoms with Gasteiger partial charge in [0.25, 0.3) is 5.91 Å². The van der Waals surface area contributed by atoms with Gasteiger partial charge in [-0.3, -0.25) is 9.59 Å². The number of hydrogen-bond acceptors (Lipinski definition) is 5. The zero-order valence-electron chi connectivity index (χ0n) is 14.2. The second-order valence-corrected chi connectivity index (χ2v) is 5.59. The summed E-state index contributed by atoms with van der Waals surface area (Å²) in [5.41, 5.74) is 0.473. The molecule has 25 heavy (non-hydrogen) atoms. The van der Waals surface area contributed by atoms with Gasteiger partial charge in [0.1, 0.15) is 5.75 Å². The van der Waals surface area contributed by atoms with Crippen LogP contribution in [0.15, 0.2) is 36.9 Å². The molecule has 1 aliphatic heterocycles. The molecule has 7 heteroatoms. The normalized spacial score (nSPS) is 14.5. The fourth-order valence-electron chi connectivity index (χ4n) is 2.56. The van der Waals surface area contributed by atoms with Gasteiger partial charge in [-0.15, -0.1) is 0 Å². The first kappa shape index (κ1) is 18.5. The first-order valence-corrected chi connectivity index (χ1v) is 8.20. The van der Waals surface area contributed by atoms with E-state index in [0.29, 0.717) is 37.2 Å². The Bertz CT molecular complexity index is 633. The maximum absolute atomic E-state index is 12.3.